The number of halogens is 3. The summed E-state index contributed by atoms with van der Waals surface area (Å²) >= 11 is 0. The molecule has 2 saturated heterocycles. The van der Waals surface area contributed by atoms with E-state index in [1.165, 1.54) is 0 Å². The number of carbonyl (C=O) groups is 5. The van der Waals surface area contributed by atoms with Gasteiger partial charge in [-0.15, -0.1) is 0 Å². The largest absolute Gasteiger partial charge is 0.490 e. The SMILES string of the molecule is O=C(O)C(F)(F)F.O=C(O)CC[C@H](NC(=O)[C@@H]1CC[C@H]2CCCCNCC(=O)N21)C(=O)O. The van der Waals surface area contributed by atoms with E-state index >= 15 is 0 Å². The maximum Gasteiger partial charge on any atom is 0.490 e. The van der Waals surface area contributed by atoms with Crippen LogP contribution in [-0.2, 0) is 24.0 Å². The summed E-state index contributed by atoms with van der Waals surface area (Å²) in [5, 5.41) is 30.5. The Balaban J connectivity index is 0.000000633. The second-order valence-corrected chi connectivity index (χ2v) is 7.36. The molecule has 3 atom stereocenters. The van der Waals surface area contributed by atoms with E-state index < -0.39 is 42.1 Å². The van der Waals surface area contributed by atoms with Crippen LogP contribution in [0.2, 0.25) is 0 Å². The predicted molar refractivity (Wildman–Crippen MR) is 101 cm³/mol. The van der Waals surface area contributed by atoms with Gasteiger partial charge in [-0.1, -0.05) is 6.42 Å². The van der Waals surface area contributed by atoms with Gasteiger partial charge in [-0.25, -0.2) is 9.59 Å². The second-order valence-electron chi connectivity index (χ2n) is 7.36. The van der Waals surface area contributed by atoms with E-state index in [-0.39, 0.29) is 31.3 Å². The first kappa shape index (κ1) is 27.1. The van der Waals surface area contributed by atoms with E-state index in [0.29, 0.717) is 6.42 Å². The van der Waals surface area contributed by atoms with Crippen LogP contribution in [-0.4, -0.2) is 87.3 Å². The van der Waals surface area contributed by atoms with Gasteiger partial charge in [0, 0.05) is 12.5 Å². The minimum Gasteiger partial charge on any atom is -0.481 e. The summed E-state index contributed by atoms with van der Waals surface area (Å²) in [5.41, 5.74) is 0. The van der Waals surface area contributed by atoms with Gasteiger partial charge in [0.25, 0.3) is 0 Å². The first-order valence-corrected chi connectivity index (χ1v) is 9.91. The highest BCUT2D eigenvalue weighted by Gasteiger charge is 2.41. The smallest absolute Gasteiger partial charge is 0.481 e. The van der Waals surface area contributed by atoms with E-state index in [0.717, 1.165) is 32.2 Å². The minimum atomic E-state index is -5.08. The van der Waals surface area contributed by atoms with Crippen molar-refractivity contribution in [2.45, 2.75) is 69.2 Å². The number of carboxylic acid groups (broad SMARTS) is 3. The van der Waals surface area contributed by atoms with Gasteiger partial charge in [-0.05, 0) is 38.6 Å². The summed E-state index contributed by atoms with van der Waals surface area (Å²) in [4.78, 5) is 57.4. The van der Waals surface area contributed by atoms with E-state index in [2.05, 4.69) is 10.6 Å². The van der Waals surface area contributed by atoms with Crippen LogP contribution in [0.5, 0.6) is 0 Å². The predicted octanol–water partition coefficient (Wildman–Crippen LogP) is 0.187. The standard InChI is InChI=1S/C16H25N3O6.C2HF3O2/c20-13-9-17-8-2-1-3-10-4-6-12(19(10)13)15(23)18-11(16(24)25)5-7-14(21)22;3-2(4,5)1(6)7/h10-12,17H,1-9H2,(H,18,23)(H,21,22)(H,24,25);(H,6,7)/t10-,11+,12+;/m1./s1. The van der Waals surface area contributed by atoms with Gasteiger partial charge in [0.15, 0.2) is 0 Å². The third-order valence-corrected chi connectivity index (χ3v) is 5.01. The van der Waals surface area contributed by atoms with Crippen LogP contribution in [0.15, 0.2) is 0 Å². The molecule has 2 aliphatic heterocycles. The number of carbonyl (C=O) groups excluding carboxylic acids is 2. The average molecular weight is 469 g/mol. The Morgan fingerprint density at radius 1 is 1.09 bits per heavy atom. The van der Waals surface area contributed by atoms with Crippen LogP contribution < -0.4 is 10.6 Å². The van der Waals surface area contributed by atoms with Crippen molar-refractivity contribution in [2.24, 2.45) is 0 Å². The lowest BCUT2D eigenvalue weighted by atomic mass is 10.1. The second kappa shape index (κ2) is 12.2. The molecule has 2 amide bonds. The van der Waals surface area contributed by atoms with Crippen LogP contribution >= 0.6 is 0 Å². The molecule has 32 heavy (non-hydrogen) atoms. The van der Waals surface area contributed by atoms with Gasteiger partial charge < -0.3 is 30.9 Å². The van der Waals surface area contributed by atoms with Gasteiger partial charge in [0.05, 0.1) is 6.54 Å². The van der Waals surface area contributed by atoms with Gasteiger partial charge >= 0.3 is 24.1 Å². The molecule has 0 aromatic heterocycles. The van der Waals surface area contributed by atoms with Crippen LogP contribution in [0.25, 0.3) is 0 Å². The highest BCUT2D eigenvalue weighted by Crippen LogP contribution is 2.28. The molecule has 2 heterocycles. The summed E-state index contributed by atoms with van der Waals surface area (Å²) in [6.45, 7) is 0.932. The molecule has 2 rings (SSSR count). The molecule has 0 unspecified atom stereocenters. The lowest BCUT2D eigenvalue weighted by Gasteiger charge is -2.30. The maximum atomic E-state index is 12.6. The fraction of sp³-hybridized carbons (Fsp3) is 0.722. The molecule has 0 radical (unpaired) electrons. The highest BCUT2D eigenvalue weighted by molar-refractivity contribution is 5.91. The van der Waals surface area contributed by atoms with E-state index in [4.69, 9.17) is 15.0 Å². The number of alkyl halides is 3. The maximum absolute atomic E-state index is 12.6. The van der Waals surface area contributed by atoms with Crippen LogP contribution in [0, 0.1) is 0 Å². The van der Waals surface area contributed by atoms with Gasteiger partial charge in [-0.2, -0.15) is 13.2 Å². The Hall–Kier alpha value is -2.90. The normalized spacial score (nSPS) is 22.2. The summed E-state index contributed by atoms with van der Waals surface area (Å²) < 4.78 is 31.7. The lowest BCUT2D eigenvalue weighted by molar-refractivity contribution is -0.192. The van der Waals surface area contributed by atoms with Crippen molar-refractivity contribution in [2.75, 3.05) is 13.1 Å². The summed E-state index contributed by atoms with van der Waals surface area (Å²) in [6, 6.07) is -1.96. The van der Waals surface area contributed by atoms with Crippen molar-refractivity contribution >= 4 is 29.7 Å². The first-order chi connectivity index (χ1) is 14.8. The molecule has 0 aromatic rings. The molecule has 182 valence electrons. The summed E-state index contributed by atoms with van der Waals surface area (Å²) in [7, 11) is 0. The zero-order chi connectivity index (χ0) is 24.5. The number of fused-ring (bicyclic) bond motifs is 1. The summed E-state index contributed by atoms with van der Waals surface area (Å²) in [6.07, 6.45) is -1.64. The lowest BCUT2D eigenvalue weighted by Crippen LogP contribution is -2.53. The minimum absolute atomic E-state index is 0.00504. The number of carboxylic acids is 3. The molecule has 14 heteroatoms. The molecular formula is C18H26F3N3O8. The Bertz CT molecular complexity index is 716. The van der Waals surface area contributed by atoms with Gasteiger partial charge in [0.2, 0.25) is 11.8 Å². The molecule has 0 bridgehead atoms. The van der Waals surface area contributed by atoms with Crippen molar-refractivity contribution in [3.8, 4) is 0 Å². The number of nitrogens with zero attached hydrogens (tertiary/aromatic N) is 1. The van der Waals surface area contributed by atoms with Crippen LogP contribution in [0.3, 0.4) is 0 Å². The van der Waals surface area contributed by atoms with Crippen LogP contribution in [0.4, 0.5) is 13.2 Å². The van der Waals surface area contributed by atoms with E-state index in [1.807, 2.05) is 0 Å². The molecule has 0 saturated carbocycles. The Morgan fingerprint density at radius 3 is 2.25 bits per heavy atom. The molecule has 0 aliphatic carbocycles. The Morgan fingerprint density at radius 2 is 1.72 bits per heavy atom. The third kappa shape index (κ3) is 8.69. The number of nitrogens with one attached hydrogen (secondary N) is 2. The monoisotopic (exact) mass is 469 g/mol. The third-order valence-electron chi connectivity index (χ3n) is 5.01. The zero-order valence-electron chi connectivity index (χ0n) is 17.1. The van der Waals surface area contributed by atoms with Crippen molar-refractivity contribution in [1.82, 2.24) is 15.5 Å². The van der Waals surface area contributed by atoms with Crippen LogP contribution in [0.1, 0.15) is 44.9 Å². The molecular weight excluding hydrogens is 443 g/mol. The van der Waals surface area contributed by atoms with Gasteiger partial charge in [-0.3, -0.25) is 14.4 Å². The summed E-state index contributed by atoms with van der Waals surface area (Å²) in [5.74, 6) is -5.83. The molecule has 0 aromatic carbocycles. The van der Waals surface area contributed by atoms with Crippen molar-refractivity contribution < 1.29 is 52.5 Å². The quantitative estimate of drug-likeness (QED) is 0.364. The van der Waals surface area contributed by atoms with Crippen molar-refractivity contribution in [3.63, 3.8) is 0 Å². The zero-order valence-corrected chi connectivity index (χ0v) is 17.1. The number of rotatable bonds is 6. The van der Waals surface area contributed by atoms with Crippen molar-refractivity contribution in [1.29, 1.82) is 0 Å². The first-order valence-electron chi connectivity index (χ1n) is 9.91. The van der Waals surface area contributed by atoms with Crippen molar-refractivity contribution in [3.05, 3.63) is 0 Å². The molecule has 11 nitrogen and oxygen atoms in total. The molecule has 2 aliphatic rings. The fourth-order valence-corrected chi connectivity index (χ4v) is 3.51. The topological polar surface area (TPSA) is 173 Å². The molecule has 0 spiro atoms. The molecule has 2 fully saturated rings. The number of aliphatic carboxylic acids is 3. The Kier molecular flexibility index (Phi) is 10.4. The molecule has 5 N–H and O–H groups in total. The number of amides is 2. The number of hydrogen-bond donors (Lipinski definition) is 5. The average Bonchev–Trinajstić information content (AvgIpc) is 3.12. The van der Waals surface area contributed by atoms with E-state index in [1.54, 1.807) is 4.90 Å². The highest BCUT2D eigenvalue weighted by atomic mass is 19.4. The van der Waals surface area contributed by atoms with Gasteiger partial charge in [0.1, 0.15) is 12.1 Å². The fourth-order valence-electron chi connectivity index (χ4n) is 3.51. The number of hydrogen-bond acceptors (Lipinski definition) is 6. The van der Waals surface area contributed by atoms with E-state index in [9.17, 15) is 37.5 Å². The Labute approximate surface area is 180 Å².